The minimum absolute atomic E-state index is 0.0849. The third kappa shape index (κ3) is 3.54. The first-order valence-corrected chi connectivity index (χ1v) is 6.46. The van der Waals surface area contributed by atoms with Gasteiger partial charge in [0.1, 0.15) is 6.73 Å². The van der Waals surface area contributed by atoms with Gasteiger partial charge in [-0.2, -0.15) is 0 Å². The molecule has 0 aromatic carbocycles. The highest BCUT2D eigenvalue weighted by Gasteiger charge is 2.12. The van der Waals surface area contributed by atoms with Crippen molar-refractivity contribution < 1.29 is 10.2 Å². The second kappa shape index (κ2) is 6.77. The minimum Gasteiger partial charge on any atom is -0.494 e. The van der Waals surface area contributed by atoms with E-state index in [4.69, 9.17) is 5.11 Å². The van der Waals surface area contributed by atoms with Crippen molar-refractivity contribution >= 4 is 18.2 Å². The van der Waals surface area contributed by atoms with Gasteiger partial charge in [-0.1, -0.05) is 25.8 Å². The molecule has 0 aliphatic heterocycles. The number of nitrogens with zero attached hydrogens (tertiary/aromatic N) is 1. The third-order valence-electron chi connectivity index (χ3n) is 2.87. The number of aromatic hydroxyl groups is 1. The summed E-state index contributed by atoms with van der Waals surface area (Å²) in [4.78, 5) is 0. The van der Waals surface area contributed by atoms with Gasteiger partial charge in [-0.3, -0.25) is 4.57 Å². The maximum absolute atomic E-state index is 9.90. The topological polar surface area (TPSA) is 45.4 Å². The monoisotopic (exact) mass is 255 g/mol. The lowest BCUT2D eigenvalue weighted by Crippen LogP contribution is -1.95. The normalized spacial score (nSPS) is 12.1. The molecule has 1 aromatic rings. The Kier molecular flexibility index (Phi) is 5.65. The van der Waals surface area contributed by atoms with E-state index in [9.17, 15) is 5.11 Å². The van der Waals surface area contributed by atoms with Crippen molar-refractivity contribution in [1.82, 2.24) is 4.57 Å². The highest BCUT2D eigenvalue weighted by molar-refractivity contribution is 7.80. The summed E-state index contributed by atoms with van der Waals surface area (Å²) < 4.78 is 1.36. The van der Waals surface area contributed by atoms with Gasteiger partial charge in [0.05, 0.1) is 5.03 Å². The maximum Gasteiger partial charge on any atom is 0.201 e. The molecule has 0 saturated carbocycles. The van der Waals surface area contributed by atoms with Crippen LogP contribution in [0.25, 0.3) is 5.57 Å². The molecule has 96 valence electrons. The number of allylic oxidation sites excluding steroid dienone is 2. The highest BCUT2D eigenvalue weighted by atomic mass is 32.1. The van der Waals surface area contributed by atoms with Crippen LogP contribution >= 0.6 is 12.6 Å². The van der Waals surface area contributed by atoms with Crippen molar-refractivity contribution in [2.75, 3.05) is 0 Å². The molecule has 1 aromatic heterocycles. The van der Waals surface area contributed by atoms with Crippen LogP contribution in [0.2, 0.25) is 0 Å². The zero-order chi connectivity index (χ0) is 12.8. The van der Waals surface area contributed by atoms with E-state index in [0.29, 0.717) is 5.03 Å². The predicted molar refractivity (Wildman–Crippen MR) is 73.4 cm³/mol. The fraction of sp³-hybridized carbons (Fsp3) is 0.538. The van der Waals surface area contributed by atoms with Gasteiger partial charge in [-0.05, 0) is 31.4 Å². The standard InChI is InChI=1S/C13H21NO2S/c1-3-4-5-6-7-10(2)11-8-12(17)14(9-15)13(11)16/h7-8,15-17H,3-6,9H2,1-2H3. The summed E-state index contributed by atoms with van der Waals surface area (Å²) in [6.45, 7) is 3.89. The summed E-state index contributed by atoms with van der Waals surface area (Å²) in [6, 6.07) is 1.78. The van der Waals surface area contributed by atoms with Gasteiger partial charge in [-0.25, -0.2) is 0 Å². The molecule has 0 unspecified atom stereocenters. The van der Waals surface area contributed by atoms with Gasteiger partial charge in [-0.15, -0.1) is 12.6 Å². The summed E-state index contributed by atoms with van der Waals surface area (Å²) in [5.74, 6) is 0.0849. The molecular formula is C13H21NO2S. The average Bonchev–Trinajstić information content (AvgIpc) is 2.60. The van der Waals surface area contributed by atoms with E-state index in [1.54, 1.807) is 6.07 Å². The van der Waals surface area contributed by atoms with Gasteiger partial charge < -0.3 is 10.2 Å². The molecule has 0 spiro atoms. The summed E-state index contributed by atoms with van der Waals surface area (Å²) in [6.07, 6.45) is 6.75. The van der Waals surface area contributed by atoms with E-state index in [-0.39, 0.29) is 12.6 Å². The van der Waals surface area contributed by atoms with Gasteiger partial charge in [0, 0.05) is 5.56 Å². The van der Waals surface area contributed by atoms with Crippen molar-refractivity contribution in [2.24, 2.45) is 0 Å². The summed E-state index contributed by atoms with van der Waals surface area (Å²) >= 11 is 4.20. The highest BCUT2D eigenvalue weighted by Crippen LogP contribution is 2.30. The summed E-state index contributed by atoms with van der Waals surface area (Å²) in [5.41, 5.74) is 1.78. The number of aliphatic hydroxyl groups excluding tert-OH is 1. The number of unbranched alkanes of at least 4 members (excludes halogenated alkanes) is 3. The molecule has 0 amide bonds. The van der Waals surface area contributed by atoms with Gasteiger partial charge in [0.25, 0.3) is 0 Å². The zero-order valence-corrected chi connectivity index (χ0v) is 11.4. The number of thiol groups is 1. The number of aliphatic hydroxyl groups is 1. The van der Waals surface area contributed by atoms with Crippen LogP contribution < -0.4 is 0 Å². The Hall–Kier alpha value is -0.870. The first-order chi connectivity index (χ1) is 8.11. The zero-order valence-electron chi connectivity index (χ0n) is 10.5. The van der Waals surface area contributed by atoms with Crippen LogP contribution in [0.15, 0.2) is 17.2 Å². The Labute approximate surface area is 108 Å². The molecule has 0 bridgehead atoms. The molecule has 2 N–H and O–H groups in total. The first-order valence-electron chi connectivity index (χ1n) is 6.01. The smallest absolute Gasteiger partial charge is 0.201 e. The molecule has 1 heterocycles. The Morgan fingerprint density at radius 3 is 2.71 bits per heavy atom. The number of hydrogen-bond acceptors (Lipinski definition) is 3. The summed E-state index contributed by atoms with van der Waals surface area (Å²) in [5, 5.41) is 19.5. The van der Waals surface area contributed by atoms with Crippen molar-refractivity contribution in [1.29, 1.82) is 0 Å². The van der Waals surface area contributed by atoms with Crippen LogP contribution in [0.5, 0.6) is 5.88 Å². The lowest BCUT2D eigenvalue weighted by Gasteiger charge is -2.03. The molecule has 4 heteroatoms. The Balaban J connectivity index is 2.78. The van der Waals surface area contributed by atoms with Crippen molar-refractivity contribution in [2.45, 2.75) is 51.3 Å². The van der Waals surface area contributed by atoms with E-state index in [0.717, 1.165) is 17.6 Å². The molecule has 0 radical (unpaired) electrons. The van der Waals surface area contributed by atoms with Crippen LogP contribution in [0.1, 0.15) is 45.1 Å². The van der Waals surface area contributed by atoms with E-state index < -0.39 is 0 Å². The predicted octanol–water partition coefficient (Wildman–Crippen LogP) is 3.42. The Morgan fingerprint density at radius 1 is 1.47 bits per heavy atom. The SMILES string of the molecule is CCCCCC=C(C)c1cc(S)n(CO)c1O. The van der Waals surface area contributed by atoms with Gasteiger partial charge in [0.2, 0.25) is 5.88 Å². The largest absolute Gasteiger partial charge is 0.494 e. The van der Waals surface area contributed by atoms with E-state index in [1.807, 2.05) is 6.92 Å². The van der Waals surface area contributed by atoms with Crippen molar-refractivity contribution in [3.8, 4) is 5.88 Å². The molecule has 0 aliphatic carbocycles. The van der Waals surface area contributed by atoms with Crippen molar-refractivity contribution in [3.63, 3.8) is 0 Å². The fourth-order valence-electron chi connectivity index (χ4n) is 1.78. The maximum atomic E-state index is 9.90. The third-order valence-corrected chi connectivity index (χ3v) is 3.24. The van der Waals surface area contributed by atoms with Gasteiger partial charge >= 0.3 is 0 Å². The quantitative estimate of drug-likeness (QED) is 0.539. The second-order valence-corrected chi connectivity index (χ2v) is 4.65. The van der Waals surface area contributed by atoms with Crippen LogP contribution in [0, 0.1) is 0 Å². The lowest BCUT2D eigenvalue weighted by atomic mass is 10.1. The second-order valence-electron chi connectivity index (χ2n) is 4.19. The van der Waals surface area contributed by atoms with E-state index in [2.05, 4.69) is 25.6 Å². The van der Waals surface area contributed by atoms with Crippen LogP contribution in [-0.4, -0.2) is 14.8 Å². The Morgan fingerprint density at radius 2 is 2.18 bits per heavy atom. The molecule has 1 rings (SSSR count). The molecule has 0 aliphatic rings. The molecule has 3 nitrogen and oxygen atoms in total. The molecule has 0 atom stereocenters. The average molecular weight is 255 g/mol. The van der Waals surface area contributed by atoms with Crippen molar-refractivity contribution in [3.05, 3.63) is 17.7 Å². The number of aromatic nitrogens is 1. The molecule has 17 heavy (non-hydrogen) atoms. The molecule has 0 fully saturated rings. The fourth-order valence-corrected chi connectivity index (χ4v) is 2.07. The Bertz CT molecular complexity index is 396. The molecule has 0 saturated heterocycles. The first kappa shape index (κ1) is 14.2. The van der Waals surface area contributed by atoms with Gasteiger partial charge in [0.15, 0.2) is 0 Å². The number of hydrogen-bond donors (Lipinski definition) is 3. The van der Waals surface area contributed by atoms with Crippen LogP contribution in [0.3, 0.4) is 0 Å². The van der Waals surface area contributed by atoms with E-state index >= 15 is 0 Å². The minimum atomic E-state index is -0.256. The van der Waals surface area contributed by atoms with Crippen LogP contribution in [-0.2, 0) is 6.73 Å². The molecular weight excluding hydrogens is 234 g/mol. The summed E-state index contributed by atoms with van der Waals surface area (Å²) in [7, 11) is 0. The number of rotatable bonds is 6. The van der Waals surface area contributed by atoms with Crippen LogP contribution in [0.4, 0.5) is 0 Å². The van der Waals surface area contributed by atoms with E-state index in [1.165, 1.54) is 23.8 Å². The lowest BCUT2D eigenvalue weighted by molar-refractivity contribution is 0.187.